The van der Waals surface area contributed by atoms with E-state index in [4.69, 9.17) is 27.4 Å². The van der Waals surface area contributed by atoms with E-state index in [0.29, 0.717) is 24.7 Å². The predicted molar refractivity (Wildman–Crippen MR) is 77.6 cm³/mol. The fourth-order valence-corrected chi connectivity index (χ4v) is 1.57. The summed E-state index contributed by atoms with van der Waals surface area (Å²) in [5.74, 6) is 1.49. The molecule has 2 aromatic rings. The lowest BCUT2D eigenvalue weighted by molar-refractivity contribution is 0.216. The number of benzene rings is 1. The maximum atomic E-state index is 5.50. The molecule has 0 saturated carbocycles. The molecule has 0 spiro atoms. The van der Waals surface area contributed by atoms with Crippen LogP contribution in [-0.4, -0.2) is 23.2 Å². The highest BCUT2D eigenvalue weighted by Gasteiger charge is 1.99. The van der Waals surface area contributed by atoms with Crippen LogP contribution in [0.15, 0.2) is 48.7 Å². The van der Waals surface area contributed by atoms with Crippen LogP contribution in [0.3, 0.4) is 0 Å². The number of nitrogens with zero attached hydrogens (tertiary/aromatic N) is 1. The van der Waals surface area contributed by atoms with Crippen molar-refractivity contribution in [1.29, 1.82) is 0 Å². The number of hydrogen-bond acceptors (Lipinski definition) is 4. The number of rotatable bonds is 6. The molecule has 4 nitrogen and oxygen atoms in total. The number of thiocarbonyl (C=S) groups is 1. The first kappa shape index (κ1) is 13.3. The third-order valence-electron chi connectivity index (χ3n) is 2.35. The third-order valence-corrected chi connectivity index (χ3v) is 2.56. The van der Waals surface area contributed by atoms with E-state index in [-0.39, 0.29) is 4.99 Å². The van der Waals surface area contributed by atoms with Crippen LogP contribution < -0.4 is 15.2 Å². The zero-order valence-electron chi connectivity index (χ0n) is 10.3. The molecule has 1 aromatic heterocycles. The molecule has 0 aliphatic rings. The van der Waals surface area contributed by atoms with E-state index >= 15 is 0 Å². The van der Waals surface area contributed by atoms with E-state index in [9.17, 15) is 0 Å². The second-order valence-corrected chi connectivity index (χ2v) is 4.19. The van der Waals surface area contributed by atoms with Crippen molar-refractivity contribution in [3.63, 3.8) is 0 Å². The highest BCUT2D eigenvalue weighted by Crippen LogP contribution is 2.10. The van der Waals surface area contributed by atoms with Crippen molar-refractivity contribution in [2.24, 2.45) is 5.73 Å². The van der Waals surface area contributed by atoms with Gasteiger partial charge in [0.1, 0.15) is 29.7 Å². The summed E-state index contributed by atoms with van der Waals surface area (Å²) in [7, 11) is 0. The Hall–Kier alpha value is -2.14. The van der Waals surface area contributed by atoms with Gasteiger partial charge < -0.3 is 15.2 Å². The molecule has 2 N–H and O–H groups in total. The second-order valence-electron chi connectivity index (χ2n) is 3.75. The maximum Gasteiger partial charge on any atom is 0.137 e. The van der Waals surface area contributed by atoms with Crippen LogP contribution in [0.4, 0.5) is 0 Å². The normalized spacial score (nSPS) is 9.89. The number of hydrogen-bond donors (Lipinski definition) is 1. The molecule has 0 unspecified atom stereocenters. The van der Waals surface area contributed by atoms with Gasteiger partial charge in [-0.05, 0) is 24.3 Å². The van der Waals surface area contributed by atoms with Crippen molar-refractivity contribution in [1.82, 2.24) is 4.98 Å². The summed E-state index contributed by atoms with van der Waals surface area (Å²) in [4.78, 5) is 4.36. The molecule has 19 heavy (non-hydrogen) atoms. The monoisotopic (exact) mass is 274 g/mol. The minimum Gasteiger partial charge on any atom is -0.490 e. The SMILES string of the molecule is NC(=S)c1ccc(OCCOc2ccccc2)cn1. The molecular weight excluding hydrogens is 260 g/mol. The number of ether oxygens (including phenoxy) is 2. The summed E-state index contributed by atoms with van der Waals surface area (Å²) in [6.07, 6.45) is 1.59. The van der Waals surface area contributed by atoms with E-state index in [2.05, 4.69) is 4.98 Å². The van der Waals surface area contributed by atoms with Gasteiger partial charge in [0.2, 0.25) is 0 Å². The highest BCUT2D eigenvalue weighted by atomic mass is 32.1. The molecule has 0 amide bonds. The molecule has 98 valence electrons. The van der Waals surface area contributed by atoms with Crippen LogP contribution in [0.2, 0.25) is 0 Å². The number of pyridine rings is 1. The summed E-state index contributed by atoms with van der Waals surface area (Å²) in [6, 6.07) is 13.1. The Balaban J connectivity index is 1.75. The van der Waals surface area contributed by atoms with Gasteiger partial charge in [0.15, 0.2) is 0 Å². The smallest absolute Gasteiger partial charge is 0.137 e. The Morgan fingerprint density at radius 2 is 1.68 bits per heavy atom. The summed E-state index contributed by atoms with van der Waals surface area (Å²) in [6.45, 7) is 0.921. The molecule has 0 radical (unpaired) electrons. The number of nitrogens with two attached hydrogens (primary N) is 1. The summed E-state index contributed by atoms with van der Waals surface area (Å²) < 4.78 is 11.0. The first-order valence-electron chi connectivity index (χ1n) is 5.82. The molecule has 0 fully saturated rings. The fourth-order valence-electron chi connectivity index (χ4n) is 1.45. The van der Waals surface area contributed by atoms with Gasteiger partial charge >= 0.3 is 0 Å². The molecule has 2 rings (SSSR count). The minimum absolute atomic E-state index is 0.277. The minimum atomic E-state index is 0.277. The zero-order valence-corrected chi connectivity index (χ0v) is 11.1. The molecule has 0 bridgehead atoms. The predicted octanol–water partition coefficient (Wildman–Crippen LogP) is 2.17. The average molecular weight is 274 g/mol. The van der Waals surface area contributed by atoms with Gasteiger partial charge in [-0.2, -0.15) is 0 Å². The lowest BCUT2D eigenvalue weighted by Crippen LogP contribution is -2.12. The molecule has 1 heterocycles. The van der Waals surface area contributed by atoms with Crippen molar-refractivity contribution < 1.29 is 9.47 Å². The largest absolute Gasteiger partial charge is 0.490 e. The van der Waals surface area contributed by atoms with Gasteiger partial charge in [-0.25, -0.2) is 4.98 Å². The maximum absolute atomic E-state index is 5.50. The van der Waals surface area contributed by atoms with Gasteiger partial charge in [0.25, 0.3) is 0 Å². The van der Waals surface area contributed by atoms with Gasteiger partial charge in [-0.1, -0.05) is 30.4 Å². The van der Waals surface area contributed by atoms with E-state index < -0.39 is 0 Å². The fraction of sp³-hybridized carbons (Fsp3) is 0.143. The zero-order chi connectivity index (χ0) is 13.5. The molecule has 0 aliphatic heterocycles. The van der Waals surface area contributed by atoms with Crippen molar-refractivity contribution in [2.45, 2.75) is 0 Å². The summed E-state index contributed by atoms with van der Waals surface area (Å²) in [5.41, 5.74) is 6.04. The van der Waals surface area contributed by atoms with E-state index in [1.165, 1.54) is 0 Å². The molecule has 0 saturated heterocycles. The van der Waals surface area contributed by atoms with E-state index in [0.717, 1.165) is 5.75 Å². The first-order valence-corrected chi connectivity index (χ1v) is 6.23. The van der Waals surface area contributed by atoms with Crippen LogP contribution in [0.5, 0.6) is 11.5 Å². The Morgan fingerprint density at radius 3 is 2.26 bits per heavy atom. The topological polar surface area (TPSA) is 57.4 Å². The highest BCUT2D eigenvalue weighted by molar-refractivity contribution is 7.80. The van der Waals surface area contributed by atoms with Gasteiger partial charge in [-0.3, -0.25) is 0 Å². The molecule has 0 aliphatic carbocycles. The van der Waals surface area contributed by atoms with Crippen molar-refractivity contribution in [2.75, 3.05) is 13.2 Å². The van der Waals surface area contributed by atoms with Gasteiger partial charge in [-0.15, -0.1) is 0 Å². The molecule has 5 heteroatoms. The average Bonchev–Trinajstić information content (AvgIpc) is 2.45. The Bertz CT molecular complexity index is 529. The molecule has 0 atom stereocenters. The Kier molecular flexibility index (Phi) is 4.69. The van der Waals surface area contributed by atoms with Crippen LogP contribution in [0.25, 0.3) is 0 Å². The van der Waals surface area contributed by atoms with E-state index in [1.54, 1.807) is 18.3 Å². The van der Waals surface area contributed by atoms with Gasteiger partial charge in [0, 0.05) is 0 Å². The van der Waals surface area contributed by atoms with Crippen LogP contribution >= 0.6 is 12.2 Å². The standard InChI is InChI=1S/C14H14N2O2S/c15-14(19)13-7-6-12(10-16-13)18-9-8-17-11-4-2-1-3-5-11/h1-7,10H,8-9H2,(H2,15,19). The summed E-state index contributed by atoms with van der Waals surface area (Å²) in [5, 5.41) is 0. The lowest BCUT2D eigenvalue weighted by atomic mass is 10.3. The van der Waals surface area contributed by atoms with Crippen molar-refractivity contribution >= 4 is 17.2 Å². The number of para-hydroxylation sites is 1. The Morgan fingerprint density at radius 1 is 1.00 bits per heavy atom. The Labute approximate surface area is 117 Å². The van der Waals surface area contributed by atoms with Crippen molar-refractivity contribution in [3.05, 3.63) is 54.4 Å². The quantitative estimate of drug-likeness (QED) is 0.646. The second kappa shape index (κ2) is 6.70. The third kappa shape index (κ3) is 4.22. The summed E-state index contributed by atoms with van der Waals surface area (Å²) >= 11 is 4.82. The number of aromatic nitrogens is 1. The van der Waals surface area contributed by atoms with Crippen LogP contribution in [-0.2, 0) is 0 Å². The van der Waals surface area contributed by atoms with Crippen LogP contribution in [0.1, 0.15) is 5.69 Å². The van der Waals surface area contributed by atoms with Crippen LogP contribution in [0, 0.1) is 0 Å². The van der Waals surface area contributed by atoms with Gasteiger partial charge in [0.05, 0.1) is 11.9 Å². The lowest BCUT2D eigenvalue weighted by Gasteiger charge is -2.08. The van der Waals surface area contributed by atoms with Crippen molar-refractivity contribution in [3.8, 4) is 11.5 Å². The first-order chi connectivity index (χ1) is 9.25. The van der Waals surface area contributed by atoms with E-state index in [1.807, 2.05) is 30.3 Å². The molecule has 1 aromatic carbocycles. The molecular formula is C14H14N2O2S.